The number of hydrogen-bond donors (Lipinski definition) is 0. The summed E-state index contributed by atoms with van der Waals surface area (Å²) < 4.78 is 4.76. The first kappa shape index (κ1) is 13.4. The van der Waals surface area contributed by atoms with Crippen LogP contribution in [0.15, 0.2) is 11.4 Å². The number of amides is 1. The van der Waals surface area contributed by atoms with Crippen LogP contribution in [0.1, 0.15) is 28.9 Å². The zero-order chi connectivity index (χ0) is 13.1. The zero-order valence-electron chi connectivity index (χ0n) is 10.0. The topological polar surface area (TPSA) is 46.6 Å². The number of piperidine rings is 1. The highest BCUT2D eigenvalue weighted by Gasteiger charge is 2.34. The summed E-state index contributed by atoms with van der Waals surface area (Å²) in [7, 11) is 1.34. The average molecular weight is 288 g/mol. The van der Waals surface area contributed by atoms with Gasteiger partial charge in [0.05, 0.1) is 12.1 Å². The maximum absolute atomic E-state index is 12.4. The third-order valence-electron chi connectivity index (χ3n) is 3.05. The molecule has 2 rings (SSSR count). The molecule has 0 radical (unpaired) electrons. The van der Waals surface area contributed by atoms with Crippen molar-refractivity contribution in [2.45, 2.75) is 25.3 Å². The van der Waals surface area contributed by atoms with Gasteiger partial charge in [-0.25, -0.2) is 4.79 Å². The summed E-state index contributed by atoms with van der Waals surface area (Å²) in [5.74, 6) is -0.527. The summed E-state index contributed by atoms with van der Waals surface area (Å²) in [4.78, 5) is 26.1. The van der Waals surface area contributed by atoms with E-state index in [0.717, 1.165) is 12.8 Å². The predicted octanol–water partition coefficient (Wildman–Crippen LogP) is 2.57. The minimum atomic E-state index is -0.477. The lowest BCUT2D eigenvalue weighted by Crippen LogP contribution is -2.48. The summed E-state index contributed by atoms with van der Waals surface area (Å²) in [5, 5.41) is 2.21. The molecule has 4 nitrogen and oxygen atoms in total. The minimum absolute atomic E-state index is 0.176. The van der Waals surface area contributed by atoms with Crippen LogP contribution in [0.25, 0.3) is 0 Å². The molecule has 1 aromatic heterocycles. The van der Waals surface area contributed by atoms with E-state index in [1.807, 2.05) is 0 Å². The lowest BCUT2D eigenvalue weighted by molar-refractivity contribution is -0.147. The summed E-state index contributed by atoms with van der Waals surface area (Å²) in [6, 6.07) is 1.21. The molecule has 1 atom stereocenters. The predicted molar refractivity (Wildman–Crippen MR) is 70.0 cm³/mol. The van der Waals surface area contributed by atoms with E-state index in [1.54, 1.807) is 16.3 Å². The molecular formula is C12H14ClNO3S. The Labute approximate surface area is 114 Å². The van der Waals surface area contributed by atoms with Crippen LogP contribution >= 0.6 is 22.9 Å². The lowest BCUT2D eigenvalue weighted by Gasteiger charge is -2.33. The van der Waals surface area contributed by atoms with Gasteiger partial charge >= 0.3 is 5.97 Å². The van der Waals surface area contributed by atoms with E-state index in [9.17, 15) is 9.59 Å². The number of halogens is 1. The third-order valence-corrected chi connectivity index (χ3v) is 4.38. The van der Waals surface area contributed by atoms with Gasteiger partial charge in [0.2, 0.25) is 0 Å². The fourth-order valence-corrected chi connectivity index (χ4v) is 3.22. The molecule has 1 fully saturated rings. The number of esters is 1. The number of methoxy groups -OCH3 is 1. The third kappa shape index (κ3) is 2.52. The molecule has 0 aromatic carbocycles. The summed E-state index contributed by atoms with van der Waals surface area (Å²) in [6.45, 7) is 0.576. The normalized spacial score (nSPS) is 19.7. The SMILES string of the molecule is COC(=O)C1CCCCN1C(=O)c1sccc1Cl. The smallest absolute Gasteiger partial charge is 0.328 e. The molecule has 1 aliphatic rings. The molecule has 98 valence electrons. The molecule has 1 unspecified atom stereocenters. The molecule has 2 heterocycles. The maximum atomic E-state index is 12.4. The molecule has 6 heteroatoms. The number of nitrogens with zero attached hydrogens (tertiary/aromatic N) is 1. The Morgan fingerprint density at radius 1 is 1.50 bits per heavy atom. The van der Waals surface area contributed by atoms with Crippen molar-refractivity contribution in [3.63, 3.8) is 0 Å². The average Bonchev–Trinajstić information content (AvgIpc) is 2.83. The molecule has 0 bridgehead atoms. The molecule has 1 saturated heterocycles. The number of hydrogen-bond acceptors (Lipinski definition) is 4. The van der Waals surface area contributed by atoms with Crippen molar-refractivity contribution in [1.82, 2.24) is 4.90 Å². The Kier molecular flexibility index (Phi) is 4.24. The van der Waals surface area contributed by atoms with Crippen LogP contribution in [0.2, 0.25) is 5.02 Å². The van der Waals surface area contributed by atoms with Crippen molar-refractivity contribution in [3.8, 4) is 0 Å². The molecule has 1 amide bonds. The first-order valence-corrected chi connectivity index (χ1v) is 7.02. The number of thiophene rings is 1. The van der Waals surface area contributed by atoms with Crippen molar-refractivity contribution in [3.05, 3.63) is 21.3 Å². The second kappa shape index (κ2) is 5.71. The molecular weight excluding hydrogens is 274 g/mol. The van der Waals surface area contributed by atoms with Gasteiger partial charge in [0, 0.05) is 6.54 Å². The van der Waals surface area contributed by atoms with Crippen LogP contribution in [0.3, 0.4) is 0 Å². The number of likely N-dealkylation sites (tertiary alicyclic amines) is 1. The Hall–Kier alpha value is -1.07. The van der Waals surface area contributed by atoms with Crippen molar-refractivity contribution in [2.75, 3.05) is 13.7 Å². The van der Waals surface area contributed by atoms with Crippen molar-refractivity contribution < 1.29 is 14.3 Å². The highest BCUT2D eigenvalue weighted by molar-refractivity contribution is 7.12. The summed E-state index contributed by atoms with van der Waals surface area (Å²) in [6.07, 6.45) is 2.49. The lowest BCUT2D eigenvalue weighted by atomic mass is 10.0. The Balaban J connectivity index is 2.21. The van der Waals surface area contributed by atoms with Gasteiger partial charge in [0.1, 0.15) is 10.9 Å². The van der Waals surface area contributed by atoms with E-state index < -0.39 is 6.04 Å². The fourth-order valence-electron chi connectivity index (χ4n) is 2.13. The Morgan fingerprint density at radius 3 is 2.89 bits per heavy atom. The Bertz CT molecular complexity index is 460. The van der Waals surface area contributed by atoms with Crippen molar-refractivity contribution >= 4 is 34.8 Å². The number of carbonyl (C=O) groups excluding carboxylic acids is 2. The first-order chi connectivity index (χ1) is 8.65. The molecule has 0 N–H and O–H groups in total. The van der Waals surface area contributed by atoms with Crippen LogP contribution < -0.4 is 0 Å². The number of ether oxygens (including phenoxy) is 1. The monoisotopic (exact) mass is 287 g/mol. The van der Waals surface area contributed by atoms with E-state index in [4.69, 9.17) is 16.3 Å². The highest BCUT2D eigenvalue weighted by Crippen LogP contribution is 2.27. The first-order valence-electron chi connectivity index (χ1n) is 5.77. The molecule has 0 saturated carbocycles. The van der Waals surface area contributed by atoms with Gasteiger partial charge in [-0.2, -0.15) is 0 Å². The van der Waals surface area contributed by atoms with Gasteiger partial charge in [0.15, 0.2) is 0 Å². The number of rotatable bonds is 2. The standard InChI is InChI=1S/C12H14ClNO3S/c1-17-12(16)9-4-2-3-6-14(9)11(15)10-8(13)5-7-18-10/h5,7,9H,2-4,6H2,1H3. The van der Waals surface area contributed by atoms with Gasteiger partial charge in [0.25, 0.3) is 5.91 Å². The van der Waals surface area contributed by atoms with Gasteiger partial charge in [-0.3, -0.25) is 4.79 Å². The Morgan fingerprint density at radius 2 is 2.28 bits per heavy atom. The molecule has 0 spiro atoms. The fraction of sp³-hybridized carbons (Fsp3) is 0.500. The molecule has 1 aromatic rings. The van der Waals surface area contributed by atoms with Gasteiger partial charge in [-0.05, 0) is 30.7 Å². The highest BCUT2D eigenvalue weighted by atomic mass is 35.5. The molecule has 1 aliphatic heterocycles. The second-order valence-corrected chi connectivity index (χ2v) is 5.45. The quantitative estimate of drug-likeness (QED) is 0.786. The second-order valence-electron chi connectivity index (χ2n) is 4.13. The van der Waals surface area contributed by atoms with Crippen LogP contribution in [0.4, 0.5) is 0 Å². The zero-order valence-corrected chi connectivity index (χ0v) is 11.6. The van der Waals surface area contributed by atoms with Crippen LogP contribution in [0.5, 0.6) is 0 Å². The van der Waals surface area contributed by atoms with Crippen LogP contribution in [-0.2, 0) is 9.53 Å². The van der Waals surface area contributed by atoms with E-state index in [-0.39, 0.29) is 11.9 Å². The summed E-state index contributed by atoms with van der Waals surface area (Å²) in [5.41, 5.74) is 0. The van der Waals surface area contributed by atoms with E-state index >= 15 is 0 Å². The van der Waals surface area contributed by atoms with E-state index in [1.165, 1.54) is 18.4 Å². The van der Waals surface area contributed by atoms with Crippen molar-refractivity contribution in [1.29, 1.82) is 0 Å². The van der Waals surface area contributed by atoms with Crippen LogP contribution in [0, 0.1) is 0 Å². The van der Waals surface area contributed by atoms with E-state index in [2.05, 4.69) is 0 Å². The van der Waals surface area contributed by atoms with Gasteiger partial charge in [-0.15, -0.1) is 11.3 Å². The molecule has 18 heavy (non-hydrogen) atoms. The molecule has 0 aliphatic carbocycles. The van der Waals surface area contributed by atoms with Gasteiger partial charge < -0.3 is 9.64 Å². The summed E-state index contributed by atoms with van der Waals surface area (Å²) >= 11 is 7.26. The van der Waals surface area contributed by atoms with Crippen LogP contribution in [-0.4, -0.2) is 36.5 Å². The van der Waals surface area contributed by atoms with E-state index in [0.29, 0.717) is 22.9 Å². The minimum Gasteiger partial charge on any atom is -0.467 e. The largest absolute Gasteiger partial charge is 0.467 e. The van der Waals surface area contributed by atoms with Crippen molar-refractivity contribution in [2.24, 2.45) is 0 Å². The number of carbonyl (C=O) groups is 2. The maximum Gasteiger partial charge on any atom is 0.328 e. The van der Waals surface area contributed by atoms with Gasteiger partial charge in [-0.1, -0.05) is 11.6 Å².